The highest BCUT2D eigenvalue weighted by Gasteiger charge is 2.15. The zero-order chi connectivity index (χ0) is 18.4. The lowest BCUT2D eigenvalue weighted by molar-refractivity contribution is 0.885. The van der Waals surface area contributed by atoms with Gasteiger partial charge in [-0.15, -0.1) is 0 Å². The lowest BCUT2D eigenvalue weighted by Gasteiger charge is -2.14. The number of nitrogens with one attached hydrogen (secondary N) is 4. The molecule has 0 bridgehead atoms. The molecule has 2 aromatic rings. The molecule has 0 fully saturated rings. The molecule has 0 saturated carbocycles. The lowest BCUT2D eigenvalue weighted by Crippen LogP contribution is -2.16. The first-order valence-electron chi connectivity index (χ1n) is 8.15. The van der Waals surface area contributed by atoms with Crippen LogP contribution in [0.1, 0.15) is 30.5 Å². The van der Waals surface area contributed by atoms with Crippen LogP contribution in [0.3, 0.4) is 0 Å². The Morgan fingerprint density at radius 3 is 2.48 bits per heavy atom. The number of hydrogen-bond acceptors (Lipinski definition) is 6. The van der Waals surface area contributed by atoms with Crippen LogP contribution in [0, 0.1) is 24.2 Å². The number of aromatic nitrogens is 2. The highest BCUT2D eigenvalue weighted by Crippen LogP contribution is 2.21. The van der Waals surface area contributed by atoms with E-state index in [1.807, 2.05) is 46.0 Å². The van der Waals surface area contributed by atoms with Crippen molar-refractivity contribution in [3.05, 3.63) is 41.2 Å². The van der Waals surface area contributed by atoms with Crippen LogP contribution in [-0.2, 0) is 0 Å². The average Bonchev–Trinajstić information content (AvgIpc) is 2.60. The van der Waals surface area contributed by atoms with Crippen molar-refractivity contribution in [2.75, 3.05) is 30.0 Å². The summed E-state index contributed by atoms with van der Waals surface area (Å²) >= 11 is 0. The Bertz CT molecular complexity index is 830. The summed E-state index contributed by atoms with van der Waals surface area (Å²) in [5.41, 5.74) is 3.69. The second kappa shape index (κ2) is 8.15. The van der Waals surface area contributed by atoms with Gasteiger partial charge >= 0.3 is 0 Å². The van der Waals surface area contributed by atoms with Gasteiger partial charge in [0.15, 0.2) is 0 Å². The van der Waals surface area contributed by atoms with Crippen LogP contribution in [0.15, 0.2) is 24.5 Å². The van der Waals surface area contributed by atoms with Gasteiger partial charge in [-0.1, -0.05) is 12.0 Å². The molecule has 25 heavy (non-hydrogen) atoms. The van der Waals surface area contributed by atoms with Crippen LogP contribution < -0.4 is 16.0 Å². The summed E-state index contributed by atoms with van der Waals surface area (Å²) in [5.74, 6) is 7.22. The summed E-state index contributed by atoms with van der Waals surface area (Å²) < 4.78 is 0. The van der Waals surface area contributed by atoms with E-state index in [0.717, 1.165) is 16.8 Å². The zero-order valence-electron chi connectivity index (χ0n) is 15.3. The Balaban J connectivity index is 2.43. The standard InChI is InChI=1S/C19H24N6/c1-12(2)25-19-17(18(22-5)23-11-24-19)16(20)9-7-14-10-15(21-4)8-6-13(14)3/h6,8,10-12,20-21H,1-5H3,(H2,22,23,24,25). The van der Waals surface area contributed by atoms with E-state index in [0.29, 0.717) is 17.2 Å². The Kier molecular flexibility index (Phi) is 5.96. The van der Waals surface area contributed by atoms with Gasteiger partial charge < -0.3 is 16.0 Å². The Morgan fingerprint density at radius 2 is 1.84 bits per heavy atom. The predicted molar refractivity (Wildman–Crippen MR) is 105 cm³/mol. The quantitative estimate of drug-likeness (QED) is 0.498. The molecule has 0 radical (unpaired) electrons. The minimum absolute atomic E-state index is 0.169. The van der Waals surface area contributed by atoms with Crippen molar-refractivity contribution in [2.45, 2.75) is 26.8 Å². The highest BCUT2D eigenvalue weighted by atomic mass is 15.1. The predicted octanol–water partition coefficient (Wildman–Crippen LogP) is 3.11. The molecule has 1 aromatic heterocycles. The van der Waals surface area contributed by atoms with Crippen molar-refractivity contribution in [3.63, 3.8) is 0 Å². The molecule has 4 N–H and O–H groups in total. The zero-order valence-corrected chi connectivity index (χ0v) is 15.3. The monoisotopic (exact) mass is 336 g/mol. The van der Waals surface area contributed by atoms with E-state index < -0.39 is 0 Å². The maximum absolute atomic E-state index is 8.43. The molecule has 6 heteroatoms. The van der Waals surface area contributed by atoms with Crippen LogP contribution in [-0.4, -0.2) is 35.8 Å². The van der Waals surface area contributed by atoms with Crippen LogP contribution >= 0.6 is 0 Å². The van der Waals surface area contributed by atoms with Crippen molar-refractivity contribution in [2.24, 2.45) is 0 Å². The first-order valence-corrected chi connectivity index (χ1v) is 8.15. The molecule has 0 aliphatic heterocycles. The summed E-state index contributed by atoms with van der Waals surface area (Å²) in [6, 6.07) is 6.17. The van der Waals surface area contributed by atoms with Crippen LogP contribution in [0.4, 0.5) is 17.3 Å². The molecule has 130 valence electrons. The van der Waals surface area contributed by atoms with Crippen molar-refractivity contribution < 1.29 is 0 Å². The molecule has 0 aliphatic rings. The molecule has 0 spiro atoms. The number of hydrogen-bond donors (Lipinski definition) is 4. The highest BCUT2D eigenvalue weighted by molar-refractivity contribution is 6.16. The molecule has 0 unspecified atom stereocenters. The third-order valence-corrected chi connectivity index (χ3v) is 3.61. The number of benzene rings is 1. The maximum atomic E-state index is 8.43. The van der Waals surface area contributed by atoms with Crippen molar-refractivity contribution in [3.8, 4) is 11.8 Å². The molecule has 1 aromatic carbocycles. The molecule has 1 heterocycles. The second-order valence-electron chi connectivity index (χ2n) is 5.90. The fourth-order valence-corrected chi connectivity index (χ4v) is 2.30. The molecule has 6 nitrogen and oxygen atoms in total. The van der Waals surface area contributed by atoms with Gasteiger partial charge in [0.25, 0.3) is 0 Å². The number of nitrogens with zero attached hydrogens (tertiary/aromatic N) is 2. The molecular formula is C19H24N6. The molecule has 0 amide bonds. The summed E-state index contributed by atoms with van der Waals surface area (Å²) in [6.07, 6.45) is 1.47. The fourth-order valence-electron chi connectivity index (χ4n) is 2.30. The Hall–Kier alpha value is -3.07. The maximum Gasteiger partial charge on any atom is 0.141 e. The SMILES string of the molecule is CNc1ccc(C)c(C#CC(=N)c2c(NC)ncnc2NC(C)C)c1. The van der Waals surface area contributed by atoms with Gasteiger partial charge in [0.05, 0.1) is 5.56 Å². The van der Waals surface area contributed by atoms with E-state index in [1.165, 1.54) is 6.33 Å². The van der Waals surface area contributed by atoms with Gasteiger partial charge in [-0.25, -0.2) is 9.97 Å². The Labute approximate surface area is 149 Å². The van der Waals surface area contributed by atoms with E-state index in [-0.39, 0.29) is 11.8 Å². The summed E-state index contributed by atoms with van der Waals surface area (Å²) in [4.78, 5) is 8.47. The van der Waals surface area contributed by atoms with Crippen molar-refractivity contribution in [1.82, 2.24) is 9.97 Å². The number of aryl methyl sites for hydroxylation is 1. The topological polar surface area (TPSA) is 85.7 Å². The fraction of sp³-hybridized carbons (Fsp3) is 0.316. The summed E-state index contributed by atoms with van der Waals surface area (Å²) in [7, 11) is 3.64. The summed E-state index contributed by atoms with van der Waals surface area (Å²) in [6.45, 7) is 6.04. The van der Waals surface area contributed by atoms with Crippen LogP contribution in [0.5, 0.6) is 0 Å². The smallest absolute Gasteiger partial charge is 0.141 e. The van der Waals surface area contributed by atoms with E-state index >= 15 is 0 Å². The number of anilines is 3. The minimum Gasteiger partial charge on any atom is -0.388 e. The molecule has 0 aliphatic carbocycles. The van der Waals surface area contributed by atoms with Gasteiger partial charge in [-0.05, 0) is 44.4 Å². The minimum atomic E-state index is 0.169. The van der Waals surface area contributed by atoms with E-state index in [4.69, 9.17) is 5.41 Å². The largest absolute Gasteiger partial charge is 0.388 e. The lowest BCUT2D eigenvalue weighted by atomic mass is 10.1. The van der Waals surface area contributed by atoms with Gasteiger partial charge in [0.2, 0.25) is 0 Å². The third kappa shape index (κ3) is 4.48. The van der Waals surface area contributed by atoms with Gasteiger partial charge in [0, 0.05) is 31.4 Å². The molecule has 2 rings (SSSR count). The first-order chi connectivity index (χ1) is 12.0. The van der Waals surface area contributed by atoms with Crippen molar-refractivity contribution in [1.29, 1.82) is 5.41 Å². The van der Waals surface area contributed by atoms with Crippen LogP contribution in [0.2, 0.25) is 0 Å². The third-order valence-electron chi connectivity index (χ3n) is 3.61. The first kappa shape index (κ1) is 18.3. The normalized spacial score (nSPS) is 10.0. The molecule has 0 atom stereocenters. The second-order valence-corrected chi connectivity index (χ2v) is 5.90. The van der Waals surface area contributed by atoms with Crippen LogP contribution in [0.25, 0.3) is 0 Å². The van der Waals surface area contributed by atoms with E-state index in [1.54, 1.807) is 7.05 Å². The summed E-state index contributed by atoms with van der Waals surface area (Å²) in [5, 5.41) is 17.8. The van der Waals surface area contributed by atoms with Gasteiger partial charge in [-0.3, -0.25) is 5.41 Å². The molecular weight excluding hydrogens is 312 g/mol. The van der Waals surface area contributed by atoms with Gasteiger partial charge in [0.1, 0.15) is 23.7 Å². The van der Waals surface area contributed by atoms with E-state index in [9.17, 15) is 0 Å². The Morgan fingerprint density at radius 1 is 1.12 bits per heavy atom. The van der Waals surface area contributed by atoms with Crippen molar-refractivity contribution >= 4 is 23.0 Å². The number of rotatable bonds is 5. The van der Waals surface area contributed by atoms with E-state index in [2.05, 4.69) is 37.8 Å². The average molecular weight is 336 g/mol. The van der Waals surface area contributed by atoms with Gasteiger partial charge in [-0.2, -0.15) is 0 Å². The molecule has 0 saturated heterocycles.